The summed E-state index contributed by atoms with van der Waals surface area (Å²) in [5.41, 5.74) is -2.71. The number of hydrogen-bond acceptors (Lipinski definition) is 9. The second-order valence-corrected chi connectivity index (χ2v) is 11.1. The summed E-state index contributed by atoms with van der Waals surface area (Å²) in [5.74, 6) is -2.59. The smallest absolute Gasteiger partial charge is 0.338 e. The highest BCUT2D eigenvalue weighted by Crippen LogP contribution is 2.67. The number of rotatable bonds is 6. The Hall–Kier alpha value is -2.94. The predicted octanol–water partition coefficient (Wildman–Crippen LogP) is 3.62. The van der Waals surface area contributed by atoms with Crippen molar-refractivity contribution in [1.29, 1.82) is 0 Å². The number of hydrogen-bond donors (Lipinski definition) is 0. The molecule has 3 fully saturated rings. The fraction of sp³-hybridized carbons (Fsp3) is 0.643. The number of fused-ring (bicyclic) bond motifs is 1. The number of esters is 4. The Balaban J connectivity index is 1.92. The van der Waals surface area contributed by atoms with Gasteiger partial charge in [-0.05, 0) is 51.2 Å². The summed E-state index contributed by atoms with van der Waals surface area (Å²) in [6.07, 6.45) is -1.29. The average Bonchev–Trinajstić information content (AvgIpc) is 3.08. The van der Waals surface area contributed by atoms with E-state index in [0.717, 1.165) is 0 Å². The Morgan fingerprint density at radius 2 is 1.57 bits per heavy atom. The molecule has 4 rings (SSSR count). The van der Waals surface area contributed by atoms with E-state index >= 15 is 0 Å². The lowest BCUT2D eigenvalue weighted by Crippen LogP contribution is -2.74. The zero-order valence-electron chi connectivity index (χ0n) is 22.3. The molecule has 7 atom stereocenters. The van der Waals surface area contributed by atoms with E-state index in [2.05, 4.69) is 0 Å². The lowest BCUT2D eigenvalue weighted by Gasteiger charge is -2.61. The second kappa shape index (κ2) is 9.74. The van der Waals surface area contributed by atoms with Crippen LogP contribution < -0.4 is 0 Å². The van der Waals surface area contributed by atoms with Crippen LogP contribution in [-0.4, -0.2) is 60.0 Å². The van der Waals surface area contributed by atoms with Gasteiger partial charge in [-0.2, -0.15) is 0 Å². The lowest BCUT2D eigenvalue weighted by atomic mass is 9.49. The van der Waals surface area contributed by atoms with Gasteiger partial charge in [0.25, 0.3) is 0 Å². The van der Waals surface area contributed by atoms with E-state index in [4.69, 9.17) is 23.7 Å². The van der Waals surface area contributed by atoms with Crippen molar-refractivity contribution in [2.24, 2.45) is 17.3 Å². The second-order valence-electron chi connectivity index (χ2n) is 11.1. The maximum Gasteiger partial charge on any atom is 0.338 e. The molecule has 1 heterocycles. The van der Waals surface area contributed by atoms with Crippen LogP contribution in [0.3, 0.4) is 0 Å². The van der Waals surface area contributed by atoms with Gasteiger partial charge in [0.1, 0.15) is 24.2 Å². The van der Waals surface area contributed by atoms with Crippen LogP contribution in [0.5, 0.6) is 0 Å². The van der Waals surface area contributed by atoms with Crippen LogP contribution in [-0.2, 0) is 38.1 Å². The summed E-state index contributed by atoms with van der Waals surface area (Å²) >= 11 is 0. The molecule has 1 spiro atoms. The van der Waals surface area contributed by atoms with Gasteiger partial charge in [0.2, 0.25) is 0 Å². The molecule has 7 unspecified atom stereocenters. The third-order valence-corrected chi connectivity index (χ3v) is 8.45. The summed E-state index contributed by atoms with van der Waals surface area (Å²) in [7, 11) is 0. The summed E-state index contributed by atoms with van der Waals surface area (Å²) in [6.45, 7) is 9.51. The summed E-state index contributed by atoms with van der Waals surface area (Å²) in [5, 5.41) is 0. The molecule has 2 aliphatic carbocycles. The normalized spacial score (nSPS) is 35.6. The fourth-order valence-corrected chi connectivity index (χ4v) is 6.95. The summed E-state index contributed by atoms with van der Waals surface area (Å²) in [4.78, 5) is 50.2. The van der Waals surface area contributed by atoms with Crippen molar-refractivity contribution in [3.05, 3.63) is 35.9 Å². The summed E-state index contributed by atoms with van der Waals surface area (Å²) < 4.78 is 30.5. The molecule has 1 aliphatic heterocycles. The SMILES string of the molecule is CC(=O)OCC12C(OC(=O)c3ccccc3)CCC(C)C13CC(C(OC(C)=O)C2OC(C)=O)C(C)(C)O3. The molecular formula is C28H36O9. The highest BCUT2D eigenvalue weighted by Gasteiger charge is 2.79. The predicted molar refractivity (Wildman–Crippen MR) is 130 cm³/mol. The van der Waals surface area contributed by atoms with E-state index in [1.165, 1.54) is 20.8 Å². The molecule has 0 N–H and O–H groups in total. The van der Waals surface area contributed by atoms with Gasteiger partial charge < -0.3 is 23.7 Å². The van der Waals surface area contributed by atoms with Gasteiger partial charge in [0.15, 0.2) is 6.10 Å². The third-order valence-electron chi connectivity index (χ3n) is 8.45. The first-order valence-corrected chi connectivity index (χ1v) is 12.8. The van der Waals surface area contributed by atoms with Crippen molar-refractivity contribution in [3.63, 3.8) is 0 Å². The van der Waals surface area contributed by atoms with Crippen LogP contribution in [0.1, 0.15) is 71.2 Å². The van der Waals surface area contributed by atoms with Crippen LogP contribution in [0.15, 0.2) is 30.3 Å². The van der Waals surface area contributed by atoms with Crippen LogP contribution >= 0.6 is 0 Å². The minimum Gasteiger partial charge on any atom is -0.465 e. The summed E-state index contributed by atoms with van der Waals surface area (Å²) in [6, 6.07) is 8.58. The highest BCUT2D eigenvalue weighted by molar-refractivity contribution is 5.89. The highest BCUT2D eigenvalue weighted by atomic mass is 16.6. The molecule has 0 amide bonds. The molecular weight excluding hydrogens is 480 g/mol. The molecule has 202 valence electrons. The van der Waals surface area contributed by atoms with E-state index in [9.17, 15) is 19.2 Å². The van der Waals surface area contributed by atoms with Crippen molar-refractivity contribution in [3.8, 4) is 0 Å². The molecule has 0 radical (unpaired) electrons. The molecule has 9 heteroatoms. The van der Waals surface area contributed by atoms with E-state index in [0.29, 0.717) is 24.8 Å². The Morgan fingerprint density at radius 1 is 0.919 bits per heavy atom. The number of carbonyl (C=O) groups excluding carboxylic acids is 4. The minimum atomic E-state index is -1.32. The Labute approximate surface area is 217 Å². The molecule has 2 saturated carbocycles. The molecule has 1 aromatic rings. The van der Waals surface area contributed by atoms with Gasteiger partial charge in [0, 0.05) is 26.7 Å². The Morgan fingerprint density at radius 3 is 2.16 bits per heavy atom. The molecule has 2 bridgehead atoms. The van der Waals surface area contributed by atoms with Gasteiger partial charge in [-0.3, -0.25) is 14.4 Å². The quantitative estimate of drug-likeness (QED) is 0.413. The molecule has 3 aliphatic rings. The van der Waals surface area contributed by atoms with Crippen molar-refractivity contribution < 1.29 is 42.9 Å². The van der Waals surface area contributed by atoms with Gasteiger partial charge in [-0.15, -0.1) is 0 Å². The first-order valence-electron chi connectivity index (χ1n) is 12.8. The monoisotopic (exact) mass is 516 g/mol. The fourth-order valence-electron chi connectivity index (χ4n) is 6.95. The molecule has 1 aromatic carbocycles. The van der Waals surface area contributed by atoms with E-state index in [-0.39, 0.29) is 18.4 Å². The topological polar surface area (TPSA) is 114 Å². The first kappa shape index (κ1) is 27.1. The van der Waals surface area contributed by atoms with Gasteiger partial charge in [-0.1, -0.05) is 25.1 Å². The molecule has 0 aromatic heterocycles. The van der Waals surface area contributed by atoms with E-state index in [1.807, 2.05) is 20.8 Å². The van der Waals surface area contributed by atoms with Gasteiger partial charge in [0.05, 0.1) is 16.8 Å². The van der Waals surface area contributed by atoms with Crippen LogP contribution in [0.2, 0.25) is 0 Å². The van der Waals surface area contributed by atoms with Gasteiger partial charge >= 0.3 is 23.9 Å². The first-order chi connectivity index (χ1) is 17.3. The average molecular weight is 517 g/mol. The van der Waals surface area contributed by atoms with Crippen molar-refractivity contribution in [1.82, 2.24) is 0 Å². The lowest BCUT2D eigenvalue weighted by molar-refractivity contribution is -0.289. The minimum absolute atomic E-state index is 0.0599. The van der Waals surface area contributed by atoms with E-state index < -0.39 is 58.8 Å². The third kappa shape index (κ3) is 4.51. The van der Waals surface area contributed by atoms with Crippen LogP contribution in [0, 0.1) is 17.3 Å². The van der Waals surface area contributed by atoms with Gasteiger partial charge in [-0.25, -0.2) is 4.79 Å². The Bertz CT molecular complexity index is 1070. The number of carbonyl (C=O) groups is 4. The standard InChI is InChI=1S/C28H36O9/c1-16-12-13-22(36-25(32)20-10-8-7-9-11-20)27(15-33-17(2)29)24(35-19(4)31)23(34-18(3)30)21-14-28(16,27)37-26(21,5)6/h7-11,16,21-24H,12-15H2,1-6H3. The van der Waals surface area contributed by atoms with Crippen LogP contribution in [0.25, 0.3) is 0 Å². The molecule has 37 heavy (non-hydrogen) atoms. The van der Waals surface area contributed by atoms with E-state index in [1.54, 1.807) is 30.3 Å². The maximum absolute atomic E-state index is 13.3. The Kier molecular flexibility index (Phi) is 7.14. The maximum atomic E-state index is 13.3. The number of benzene rings is 1. The molecule has 9 nitrogen and oxygen atoms in total. The van der Waals surface area contributed by atoms with Crippen molar-refractivity contribution in [2.45, 2.75) is 90.3 Å². The largest absolute Gasteiger partial charge is 0.465 e. The van der Waals surface area contributed by atoms with Crippen LogP contribution in [0.4, 0.5) is 0 Å². The zero-order chi connectivity index (χ0) is 27.2. The van der Waals surface area contributed by atoms with Crippen molar-refractivity contribution >= 4 is 23.9 Å². The van der Waals surface area contributed by atoms with Crippen molar-refractivity contribution in [2.75, 3.05) is 6.61 Å². The number of ether oxygens (including phenoxy) is 5. The zero-order valence-corrected chi connectivity index (χ0v) is 22.3. The molecule has 1 saturated heterocycles.